The molecule has 4 nitrogen and oxygen atoms in total. The van der Waals surface area contributed by atoms with Gasteiger partial charge in [0.25, 0.3) is 0 Å². The Hall–Kier alpha value is -2.10. The Kier molecular flexibility index (Phi) is 3.00. The van der Waals surface area contributed by atoms with E-state index in [2.05, 4.69) is 9.97 Å². The zero-order chi connectivity index (χ0) is 11.4. The van der Waals surface area contributed by atoms with Crippen LogP contribution in [0.1, 0.15) is 11.3 Å². The molecule has 2 aromatic rings. The second-order valence-electron chi connectivity index (χ2n) is 3.41. The van der Waals surface area contributed by atoms with E-state index in [9.17, 15) is 0 Å². The number of benzene rings is 1. The van der Waals surface area contributed by atoms with Gasteiger partial charge in [-0.1, -0.05) is 30.3 Å². The van der Waals surface area contributed by atoms with Crippen LogP contribution in [0.3, 0.4) is 0 Å². The molecule has 0 saturated heterocycles. The molecule has 0 aliphatic rings. The Balaban J connectivity index is 2.30. The quantitative estimate of drug-likeness (QED) is 0.845. The van der Waals surface area contributed by atoms with Crippen LogP contribution >= 0.6 is 0 Å². The molecule has 0 atom stereocenters. The van der Waals surface area contributed by atoms with Crippen molar-refractivity contribution < 1.29 is 4.74 Å². The molecule has 0 saturated carbocycles. The lowest BCUT2D eigenvalue weighted by molar-refractivity contribution is 0.406. The van der Waals surface area contributed by atoms with Crippen LogP contribution in [0.2, 0.25) is 0 Å². The van der Waals surface area contributed by atoms with Crippen molar-refractivity contribution in [1.82, 2.24) is 9.97 Å². The maximum Gasteiger partial charge on any atom is 0.220 e. The van der Waals surface area contributed by atoms with Crippen LogP contribution in [0, 0.1) is 0 Å². The fourth-order valence-electron chi connectivity index (χ4n) is 1.51. The molecule has 0 spiro atoms. The standard InChI is InChI=1S/C12H13N3O/c1-16-11-8-14-12(13)15-10(11)7-9-5-3-2-4-6-9/h2-6,8H,7H2,1H3,(H2,13,14,15). The monoisotopic (exact) mass is 215 g/mol. The minimum atomic E-state index is 0.270. The van der Waals surface area contributed by atoms with Crippen molar-refractivity contribution in [2.45, 2.75) is 6.42 Å². The Labute approximate surface area is 94.1 Å². The zero-order valence-corrected chi connectivity index (χ0v) is 9.05. The summed E-state index contributed by atoms with van der Waals surface area (Å²) < 4.78 is 5.19. The van der Waals surface area contributed by atoms with Crippen molar-refractivity contribution in [3.63, 3.8) is 0 Å². The lowest BCUT2D eigenvalue weighted by Gasteiger charge is -2.07. The maximum absolute atomic E-state index is 5.56. The van der Waals surface area contributed by atoms with E-state index in [4.69, 9.17) is 10.5 Å². The summed E-state index contributed by atoms with van der Waals surface area (Å²) in [4.78, 5) is 8.07. The largest absolute Gasteiger partial charge is 0.493 e. The van der Waals surface area contributed by atoms with Crippen LogP contribution in [0.25, 0.3) is 0 Å². The number of hydrogen-bond acceptors (Lipinski definition) is 4. The minimum Gasteiger partial charge on any atom is -0.493 e. The molecule has 0 radical (unpaired) electrons. The van der Waals surface area contributed by atoms with Crippen LogP contribution in [-0.4, -0.2) is 17.1 Å². The van der Waals surface area contributed by atoms with Crippen molar-refractivity contribution >= 4 is 5.95 Å². The third kappa shape index (κ3) is 2.28. The molecular weight excluding hydrogens is 202 g/mol. The Bertz CT molecular complexity index is 471. The summed E-state index contributed by atoms with van der Waals surface area (Å²) in [5.74, 6) is 0.935. The Morgan fingerprint density at radius 3 is 2.69 bits per heavy atom. The van der Waals surface area contributed by atoms with Crippen LogP contribution in [-0.2, 0) is 6.42 Å². The van der Waals surface area contributed by atoms with Crippen molar-refractivity contribution in [1.29, 1.82) is 0 Å². The molecule has 82 valence electrons. The first-order valence-corrected chi connectivity index (χ1v) is 4.99. The predicted octanol–water partition coefficient (Wildman–Crippen LogP) is 1.66. The number of hydrogen-bond donors (Lipinski definition) is 1. The van der Waals surface area contributed by atoms with E-state index < -0.39 is 0 Å². The highest BCUT2D eigenvalue weighted by Crippen LogP contribution is 2.18. The van der Waals surface area contributed by atoms with Gasteiger partial charge in [-0.2, -0.15) is 0 Å². The minimum absolute atomic E-state index is 0.270. The maximum atomic E-state index is 5.56. The lowest BCUT2D eigenvalue weighted by Crippen LogP contribution is -2.02. The molecule has 0 aliphatic carbocycles. The summed E-state index contributed by atoms with van der Waals surface area (Å²) in [7, 11) is 1.60. The summed E-state index contributed by atoms with van der Waals surface area (Å²) in [5.41, 5.74) is 7.53. The van der Waals surface area contributed by atoms with E-state index in [1.54, 1.807) is 13.3 Å². The number of nitrogen functional groups attached to an aromatic ring is 1. The van der Waals surface area contributed by atoms with Gasteiger partial charge < -0.3 is 10.5 Å². The molecule has 16 heavy (non-hydrogen) atoms. The van der Waals surface area contributed by atoms with Crippen LogP contribution < -0.4 is 10.5 Å². The van der Waals surface area contributed by atoms with Gasteiger partial charge in [0.1, 0.15) is 0 Å². The molecule has 1 heterocycles. The average molecular weight is 215 g/mol. The number of anilines is 1. The molecule has 0 bridgehead atoms. The highest BCUT2D eigenvalue weighted by atomic mass is 16.5. The Morgan fingerprint density at radius 1 is 1.25 bits per heavy atom. The van der Waals surface area contributed by atoms with E-state index in [1.807, 2.05) is 30.3 Å². The molecule has 0 amide bonds. The molecule has 0 unspecified atom stereocenters. The first kappa shape index (κ1) is 10.4. The molecule has 0 fully saturated rings. The zero-order valence-electron chi connectivity index (χ0n) is 9.05. The Morgan fingerprint density at radius 2 is 2.00 bits per heavy atom. The van der Waals surface area contributed by atoms with Gasteiger partial charge in [0.15, 0.2) is 5.75 Å². The van der Waals surface area contributed by atoms with Gasteiger partial charge in [-0.05, 0) is 5.56 Å². The second-order valence-corrected chi connectivity index (χ2v) is 3.41. The highest BCUT2D eigenvalue weighted by Gasteiger charge is 2.06. The van der Waals surface area contributed by atoms with Gasteiger partial charge in [0.05, 0.1) is 19.0 Å². The summed E-state index contributed by atoms with van der Waals surface area (Å²) in [5, 5.41) is 0. The summed E-state index contributed by atoms with van der Waals surface area (Å²) >= 11 is 0. The van der Waals surface area contributed by atoms with E-state index in [-0.39, 0.29) is 5.95 Å². The summed E-state index contributed by atoms with van der Waals surface area (Å²) in [6.07, 6.45) is 2.29. The van der Waals surface area contributed by atoms with Gasteiger partial charge in [-0.3, -0.25) is 0 Å². The predicted molar refractivity (Wildman–Crippen MR) is 62.2 cm³/mol. The summed E-state index contributed by atoms with van der Waals surface area (Å²) in [6, 6.07) is 10.0. The number of rotatable bonds is 3. The number of nitrogens with two attached hydrogens (primary N) is 1. The van der Waals surface area contributed by atoms with Crippen molar-refractivity contribution in [2.24, 2.45) is 0 Å². The first-order valence-electron chi connectivity index (χ1n) is 4.99. The van der Waals surface area contributed by atoms with E-state index >= 15 is 0 Å². The number of ether oxygens (including phenoxy) is 1. The van der Waals surface area contributed by atoms with Crippen LogP contribution in [0.5, 0.6) is 5.75 Å². The average Bonchev–Trinajstić information content (AvgIpc) is 2.31. The van der Waals surface area contributed by atoms with E-state index in [0.29, 0.717) is 12.2 Å². The molecule has 2 rings (SSSR count). The van der Waals surface area contributed by atoms with Gasteiger partial charge in [0, 0.05) is 6.42 Å². The fraction of sp³-hybridized carbons (Fsp3) is 0.167. The third-order valence-corrected chi connectivity index (χ3v) is 2.28. The highest BCUT2D eigenvalue weighted by molar-refractivity contribution is 5.34. The molecule has 1 aromatic carbocycles. The van der Waals surface area contributed by atoms with Crippen molar-refractivity contribution in [3.8, 4) is 5.75 Å². The third-order valence-electron chi connectivity index (χ3n) is 2.28. The fourth-order valence-corrected chi connectivity index (χ4v) is 1.51. The van der Waals surface area contributed by atoms with E-state index in [1.165, 1.54) is 5.56 Å². The van der Waals surface area contributed by atoms with E-state index in [0.717, 1.165) is 5.69 Å². The first-order chi connectivity index (χ1) is 7.79. The lowest BCUT2D eigenvalue weighted by atomic mass is 10.1. The van der Waals surface area contributed by atoms with Gasteiger partial charge in [-0.25, -0.2) is 9.97 Å². The molecular formula is C12H13N3O. The molecule has 4 heteroatoms. The van der Waals surface area contributed by atoms with Crippen LogP contribution in [0.4, 0.5) is 5.95 Å². The topological polar surface area (TPSA) is 61.0 Å². The number of nitrogens with zero attached hydrogens (tertiary/aromatic N) is 2. The van der Waals surface area contributed by atoms with Gasteiger partial charge in [0.2, 0.25) is 5.95 Å². The molecule has 2 N–H and O–H groups in total. The van der Waals surface area contributed by atoms with Crippen molar-refractivity contribution in [2.75, 3.05) is 12.8 Å². The van der Waals surface area contributed by atoms with Crippen LogP contribution in [0.15, 0.2) is 36.5 Å². The SMILES string of the molecule is COc1cnc(N)nc1Cc1ccccc1. The smallest absolute Gasteiger partial charge is 0.220 e. The molecule has 1 aromatic heterocycles. The number of methoxy groups -OCH3 is 1. The van der Waals surface area contributed by atoms with Crippen molar-refractivity contribution in [3.05, 3.63) is 47.8 Å². The molecule has 0 aliphatic heterocycles. The normalized spacial score (nSPS) is 10.1. The second kappa shape index (κ2) is 4.61. The summed E-state index contributed by atoms with van der Waals surface area (Å²) in [6.45, 7) is 0. The van der Waals surface area contributed by atoms with Gasteiger partial charge in [-0.15, -0.1) is 0 Å². The number of aromatic nitrogens is 2. The van der Waals surface area contributed by atoms with Gasteiger partial charge >= 0.3 is 0 Å².